The average molecular weight is 265 g/mol. The van der Waals surface area contributed by atoms with Crippen molar-refractivity contribution in [3.8, 4) is 0 Å². The zero-order chi connectivity index (χ0) is 14.0. The van der Waals surface area contributed by atoms with Crippen LogP contribution in [0, 0.1) is 17.0 Å². The van der Waals surface area contributed by atoms with Gasteiger partial charge in [0, 0.05) is 19.2 Å². The maximum absolute atomic E-state index is 10.7. The Hall–Kier alpha value is -1.69. The van der Waals surface area contributed by atoms with Crippen LogP contribution in [0.1, 0.15) is 31.7 Å². The SMILES string of the molecule is Cc1cc([N+](=O)[O-])cnc1N1CCCC(C)(O)CC1. The van der Waals surface area contributed by atoms with Gasteiger partial charge in [-0.05, 0) is 38.7 Å². The Labute approximate surface area is 112 Å². The van der Waals surface area contributed by atoms with Gasteiger partial charge in [0.2, 0.25) is 0 Å². The third kappa shape index (κ3) is 3.20. The summed E-state index contributed by atoms with van der Waals surface area (Å²) in [5.74, 6) is 0.781. The molecule has 0 bridgehead atoms. The molecular weight excluding hydrogens is 246 g/mol. The standard InChI is InChI=1S/C13H19N3O3/c1-10-8-11(16(18)19)9-14-12(10)15-6-3-4-13(2,17)5-7-15/h8-9,17H,3-7H2,1-2H3. The highest BCUT2D eigenvalue weighted by atomic mass is 16.6. The van der Waals surface area contributed by atoms with Crippen molar-refractivity contribution in [2.24, 2.45) is 0 Å². The predicted molar refractivity (Wildman–Crippen MR) is 72.3 cm³/mol. The Bertz CT molecular complexity index is 488. The first kappa shape index (κ1) is 13.7. The first-order chi connectivity index (χ1) is 8.89. The second-order valence-electron chi connectivity index (χ2n) is 5.43. The summed E-state index contributed by atoms with van der Waals surface area (Å²) in [6, 6.07) is 1.55. The van der Waals surface area contributed by atoms with Crippen molar-refractivity contribution >= 4 is 11.5 Å². The van der Waals surface area contributed by atoms with Crippen LogP contribution in [0.3, 0.4) is 0 Å². The Morgan fingerprint density at radius 2 is 2.21 bits per heavy atom. The zero-order valence-electron chi connectivity index (χ0n) is 11.3. The highest BCUT2D eigenvalue weighted by Crippen LogP contribution is 2.27. The van der Waals surface area contributed by atoms with Gasteiger partial charge >= 0.3 is 0 Å². The fourth-order valence-corrected chi connectivity index (χ4v) is 2.46. The summed E-state index contributed by atoms with van der Waals surface area (Å²) in [5, 5.41) is 20.8. The molecule has 1 aliphatic rings. The number of pyridine rings is 1. The van der Waals surface area contributed by atoms with E-state index < -0.39 is 10.5 Å². The van der Waals surface area contributed by atoms with Gasteiger partial charge in [0.25, 0.3) is 5.69 Å². The van der Waals surface area contributed by atoms with Gasteiger partial charge in [-0.1, -0.05) is 0 Å². The number of anilines is 1. The summed E-state index contributed by atoms with van der Waals surface area (Å²) < 4.78 is 0. The predicted octanol–water partition coefficient (Wildman–Crippen LogP) is 2.04. The number of hydrogen-bond donors (Lipinski definition) is 1. The highest BCUT2D eigenvalue weighted by molar-refractivity contribution is 5.50. The molecule has 6 nitrogen and oxygen atoms in total. The van der Waals surface area contributed by atoms with E-state index in [2.05, 4.69) is 9.88 Å². The summed E-state index contributed by atoms with van der Waals surface area (Å²) in [6.07, 6.45) is 3.65. The van der Waals surface area contributed by atoms with E-state index in [1.54, 1.807) is 6.07 Å². The van der Waals surface area contributed by atoms with E-state index in [1.165, 1.54) is 6.20 Å². The molecule has 1 unspecified atom stereocenters. The fourth-order valence-electron chi connectivity index (χ4n) is 2.46. The van der Waals surface area contributed by atoms with E-state index in [9.17, 15) is 15.2 Å². The number of aromatic nitrogens is 1. The maximum Gasteiger partial charge on any atom is 0.287 e. The van der Waals surface area contributed by atoms with Gasteiger partial charge in [-0.25, -0.2) is 4.98 Å². The third-order valence-corrected chi connectivity index (χ3v) is 3.61. The first-order valence-corrected chi connectivity index (χ1v) is 6.47. The van der Waals surface area contributed by atoms with E-state index in [-0.39, 0.29) is 5.69 Å². The molecule has 1 aromatic rings. The van der Waals surface area contributed by atoms with Crippen LogP contribution in [0.5, 0.6) is 0 Å². The van der Waals surface area contributed by atoms with Gasteiger partial charge < -0.3 is 10.0 Å². The number of nitro groups is 1. The summed E-state index contributed by atoms with van der Waals surface area (Å²) in [6.45, 7) is 5.23. The van der Waals surface area contributed by atoms with Gasteiger partial charge in [0.05, 0.1) is 10.5 Å². The van der Waals surface area contributed by atoms with Gasteiger partial charge in [0.15, 0.2) is 0 Å². The molecule has 0 saturated carbocycles. The molecule has 1 atom stereocenters. The summed E-state index contributed by atoms with van der Waals surface area (Å²) >= 11 is 0. The van der Waals surface area contributed by atoms with Crippen LogP contribution in [-0.2, 0) is 0 Å². The Balaban J connectivity index is 2.20. The monoisotopic (exact) mass is 265 g/mol. The number of aryl methyl sites for hydroxylation is 1. The molecule has 1 saturated heterocycles. The molecular formula is C13H19N3O3. The van der Waals surface area contributed by atoms with Gasteiger partial charge in [-0.15, -0.1) is 0 Å². The van der Waals surface area contributed by atoms with Crippen LogP contribution in [0.15, 0.2) is 12.3 Å². The van der Waals surface area contributed by atoms with Gasteiger partial charge in [0.1, 0.15) is 12.0 Å². The normalized spacial score (nSPS) is 24.1. The van der Waals surface area contributed by atoms with Crippen molar-refractivity contribution in [1.82, 2.24) is 4.98 Å². The Morgan fingerprint density at radius 3 is 2.84 bits per heavy atom. The molecule has 6 heteroatoms. The maximum atomic E-state index is 10.7. The molecule has 0 aliphatic carbocycles. The van der Waals surface area contributed by atoms with Crippen LogP contribution in [0.25, 0.3) is 0 Å². The molecule has 0 aromatic carbocycles. The molecule has 19 heavy (non-hydrogen) atoms. The summed E-state index contributed by atoms with van der Waals surface area (Å²) in [5.41, 5.74) is 0.197. The fraction of sp³-hybridized carbons (Fsp3) is 0.615. The minimum absolute atomic E-state index is 0.0167. The number of nitrogens with zero attached hydrogens (tertiary/aromatic N) is 3. The molecule has 0 spiro atoms. The van der Waals surface area contributed by atoms with Gasteiger partial charge in [-0.2, -0.15) is 0 Å². The Morgan fingerprint density at radius 1 is 1.47 bits per heavy atom. The second-order valence-corrected chi connectivity index (χ2v) is 5.43. The molecule has 2 rings (SSSR count). The largest absolute Gasteiger partial charge is 0.390 e. The Kier molecular flexibility index (Phi) is 3.71. The molecule has 1 N–H and O–H groups in total. The molecule has 2 heterocycles. The summed E-state index contributed by atoms with van der Waals surface area (Å²) in [7, 11) is 0. The zero-order valence-corrected chi connectivity index (χ0v) is 11.3. The molecule has 0 amide bonds. The molecule has 1 aromatic heterocycles. The van der Waals surface area contributed by atoms with Crippen molar-refractivity contribution in [1.29, 1.82) is 0 Å². The summed E-state index contributed by atoms with van der Waals surface area (Å²) in [4.78, 5) is 16.6. The lowest BCUT2D eigenvalue weighted by Crippen LogP contribution is -2.29. The van der Waals surface area contributed by atoms with Crippen molar-refractivity contribution < 1.29 is 10.0 Å². The number of rotatable bonds is 2. The molecule has 1 aliphatic heterocycles. The topological polar surface area (TPSA) is 79.5 Å². The van der Waals surface area contributed by atoms with E-state index in [0.717, 1.165) is 37.3 Å². The lowest BCUT2D eigenvalue weighted by molar-refractivity contribution is -0.385. The average Bonchev–Trinajstić information content (AvgIpc) is 2.50. The van der Waals surface area contributed by atoms with Crippen LogP contribution in [0.4, 0.5) is 11.5 Å². The van der Waals surface area contributed by atoms with Crippen LogP contribution < -0.4 is 4.90 Å². The van der Waals surface area contributed by atoms with Crippen LogP contribution >= 0.6 is 0 Å². The quantitative estimate of drug-likeness (QED) is 0.654. The first-order valence-electron chi connectivity index (χ1n) is 6.47. The van der Waals surface area contributed by atoms with E-state index in [0.29, 0.717) is 6.42 Å². The lowest BCUT2D eigenvalue weighted by Gasteiger charge is -2.24. The van der Waals surface area contributed by atoms with Crippen LogP contribution in [-0.4, -0.2) is 33.7 Å². The lowest BCUT2D eigenvalue weighted by atomic mass is 9.98. The smallest absolute Gasteiger partial charge is 0.287 e. The minimum Gasteiger partial charge on any atom is -0.390 e. The highest BCUT2D eigenvalue weighted by Gasteiger charge is 2.26. The van der Waals surface area contributed by atoms with Crippen molar-refractivity contribution in [2.75, 3.05) is 18.0 Å². The van der Waals surface area contributed by atoms with E-state index in [4.69, 9.17) is 0 Å². The third-order valence-electron chi connectivity index (χ3n) is 3.61. The molecule has 0 radical (unpaired) electrons. The molecule has 104 valence electrons. The minimum atomic E-state index is -0.622. The number of hydrogen-bond acceptors (Lipinski definition) is 5. The van der Waals surface area contributed by atoms with Gasteiger partial charge in [-0.3, -0.25) is 10.1 Å². The van der Waals surface area contributed by atoms with Crippen molar-refractivity contribution in [3.05, 3.63) is 27.9 Å². The van der Waals surface area contributed by atoms with Crippen molar-refractivity contribution in [3.63, 3.8) is 0 Å². The number of aliphatic hydroxyl groups is 1. The van der Waals surface area contributed by atoms with E-state index in [1.807, 2.05) is 13.8 Å². The van der Waals surface area contributed by atoms with Crippen molar-refractivity contribution in [2.45, 2.75) is 38.7 Å². The van der Waals surface area contributed by atoms with E-state index >= 15 is 0 Å². The van der Waals surface area contributed by atoms with Crippen LogP contribution in [0.2, 0.25) is 0 Å². The second kappa shape index (κ2) is 5.13. The molecule has 1 fully saturated rings.